The topological polar surface area (TPSA) is 18.5 Å². The van der Waals surface area contributed by atoms with E-state index >= 15 is 4.39 Å². The largest absolute Gasteiger partial charge is 0.494 e. The van der Waals surface area contributed by atoms with Gasteiger partial charge in [-0.15, -0.1) is 0 Å². The Labute approximate surface area is 182 Å². The number of hydrogen-bond donors (Lipinski definition) is 0. The summed E-state index contributed by atoms with van der Waals surface area (Å²) in [5, 5.41) is 0. The first kappa shape index (κ1) is 21.1. The average molecular weight is 420 g/mol. The second-order valence-electron chi connectivity index (χ2n) is 7.79. The highest BCUT2D eigenvalue weighted by molar-refractivity contribution is 5.37. The quantitative estimate of drug-likeness (QED) is 0.355. The first-order valence-corrected chi connectivity index (χ1v) is 10.7. The summed E-state index contributed by atoms with van der Waals surface area (Å²) in [5.41, 5.74) is 1.76. The van der Waals surface area contributed by atoms with Gasteiger partial charge in [-0.1, -0.05) is 36.4 Å². The Morgan fingerprint density at radius 2 is 1.74 bits per heavy atom. The van der Waals surface area contributed by atoms with Crippen molar-refractivity contribution < 1.29 is 18.3 Å². The van der Waals surface area contributed by atoms with E-state index in [0.29, 0.717) is 24.7 Å². The van der Waals surface area contributed by atoms with Gasteiger partial charge in [-0.3, -0.25) is 0 Å². The van der Waals surface area contributed by atoms with Crippen LogP contribution < -0.4 is 9.47 Å². The SMILES string of the molecule is CCOc1ccc([C@H](C(F)=CCc2ccc(F)c(Oc3ccccc3)c2)C2CC2)cc1. The first-order valence-electron chi connectivity index (χ1n) is 10.7. The minimum atomic E-state index is -0.442. The van der Waals surface area contributed by atoms with Crippen molar-refractivity contribution in [2.45, 2.75) is 32.1 Å². The molecule has 4 rings (SSSR count). The molecular weight excluding hydrogens is 394 g/mol. The number of ether oxygens (including phenoxy) is 2. The molecule has 1 aliphatic carbocycles. The molecule has 0 aliphatic heterocycles. The van der Waals surface area contributed by atoms with Gasteiger partial charge in [-0.25, -0.2) is 8.78 Å². The van der Waals surface area contributed by atoms with E-state index in [-0.39, 0.29) is 17.5 Å². The standard InChI is InChI=1S/C27H26F2O2/c1-2-30-22-14-12-21(13-15-22)27(20-10-11-20)25(29)17-9-19-8-16-24(28)26(18-19)31-23-6-4-3-5-7-23/h3-8,12-18,20,27H,2,9-11H2,1H3/t27-/m1/s1. The van der Waals surface area contributed by atoms with Gasteiger partial charge in [0.2, 0.25) is 0 Å². The normalized spacial score (nSPS) is 14.9. The number of hydrogen-bond acceptors (Lipinski definition) is 2. The Kier molecular flexibility index (Phi) is 6.66. The van der Waals surface area contributed by atoms with E-state index in [1.54, 1.807) is 30.3 Å². The lowest BCUT2D eigenvalue weighted by atomic mass is 9.92. The zero-order chi connectivity index (χ0) is 21.6. The van der Waals surface area contributed by atoms with Gasteiger partial charge in [0, 0.05) is 5.92 Å². The van der Waals surface area contributed by atoms with Crippen LogP contribution in [0.15, 0.2) is 84.7 Å². The highest BCUT2D eigenvalue weighted by Crippen LogP contribution is 2.47. The average Bonchev–Trinajstić information content (AvgIpc) is 3.62. The third kappa shape index (κ3) is 5.52. The molecule has 1 saturated carbocycles. The number of halogens is 2. The van der Waals surface area contributed by atoms with Crippen LogP contribution in [0, 0.1) is 11.7 Å². The Bertz CT molecular complexity index is 1020. The molecule has 0 radical (unpaired) electrons. The van der Waals surface area contributed by atoms with E-state index in [9.17, 15) is 4.39 Å². The van der Waals surface area contributed by atoms with E-state index in [0.717, 1.165) is 29.7 Å². The summed E-state index contributed by atoms with van der Waals surface area (Å²) in [6, 6.07) is 21.4. The fourth-order valence-electron chi connectivity index (χ4n) is 3.73. The van der Waals surface area contributed by atoms with Gasteiger partial charge in [0.25, 0.3) is 0 Å². The van der Waals surface area contributed by atoms with Crippen molar-refractivity contribution in [1.29, 1.82) is 0 Å². The lowest BCUT2D eigenvalue weighted by molar-refractivity contribution is 0.340. The Balaban J connectivity index is 1.49. The van der Waals surface area contributed by atoms with Crippen LogP contribution in [0.4, 0.5) is 8.78 Å². The molecule has 3 aromatic carbocycles. The molecular formula is C27H26F2O2. The van der Waals surface area contributed by atoms with Crippen molar-refractivity contribution in [2.24, 2.45) is 5.92 Å². The monoisotopic (exact) mass is 420 g/mol. The van der Waals surface area contributed by atoms with Crippen LogP contribution in [0.5, 0.6) is 17.2 Å². The Morgan fingerprint density at radius 1 is 1.00 bits per heavy atom. The second kappa shape index (κ2) is 9.78. The van der Waals surface area contributed by atoms with E-state index in [4.69, 9.17) is 9.47 Å². The van der Waals surface area contributed by atoms with Gasteiger partial charge >= 0.3 is 0 Å². The van der Waals surface area contributed by atoms with E-state index in [1.165, 1.54) is 6.07 Å². The molecule has 0 saturated heterocycles. The summed E-state index contributed by atoms with van der Waals surface area (Å²) in [6.07, 6.45) is 4.05. The summed E-state index contributed by atoms with van der Waals surface area (Å²) in [5.74, 6) is 1.01. The summed E-state index contributed by atoms with van der Waals surface area (Å²) in [7, 11) is 0. The predicted molar refractivity (Wildman–Crippen MR) is 119 cm³/mol. The summed E-state index contributed by atoms with van der Waals surface area (Å²) >= 11 is 0. The van der Waals surface area contributed by atoms with Gasteiger partial charge in [0.1, 0.15) is 17.3 Å². The zero-order valence-electron chi connectivity index (χ0n) is 17.6. The molecule has 1 aliphatic rings. The number of allylic oxidation sites excluding steroid dienone is 2. The van der Waals surface area contributed by atoms with Crippen molar-refractivity contribution in [3.63, 3.8) is 0 Å². The Hall–Kier alpha value is -3.14. The van der Waals surface area contributed by atoms with Crippen molar-refractivity contribution >= 4 is 0 Å². The molecule has 0 heterocycles. The molecule has 0 unspecified atom stereocenters. The van der Waals surface area contributed by atoms with Crippen LogP contribution in [0.1, 0.15) is 36.8 Å². The highest BCUT2D eigenvalue weighted by Gasteiger charge is 2.35. The molecule has 2 nitrogen and oxygen atoms in total. The van der Waals surface area contributed by atoms with Gasteiger partial charge in [-0.05, 0) is 85.7 Å². The minimum absolute atomic E-state index is 0.137. The maximum Gasteiger partial charge on any atom is 0.165 e. The van der Waals surface area contributed by atoms with Gasteiger partial charge in [0.05, 0.1) is 6.61 Å². The number of rotatable bonds is 9. The highest BCUT2D eigenvalue weighted by atomic mass is 19.1. The van der Waals surface area contributed by atoms with Crippen LogP contribution >= 0.6 is 0 Å². The molecule has 0 N–H and O–H groups in total. The fourth-order valence-corrected chi connectivity index (χ4v) is 3.73. The maximum absolute atomic E-state index is 15.2. The van der Waals surface area contributed by atoms with Crippen LogP contribution in [0.2, 0.25) is 0 Å². The van der Waals surface area contributed by atoms with Gasteiger partial charge in [0.15, 0.2) is 11.6 Å². The molecule has 0 spiro atoms. The predicted octanol–water partition coefficient (Wildman–Crippen LogP) is 7.61. The van der Waals surface area contributed by atoms with E-state index < -0.39 is 5.82 Å². The molecule has 0 amide bonds. The molecule has 160 valence electrons. The first-order chi connectivity index (χ1) is 15.1. The minimum Gasteiger partial charge on any atom is -0.494 e. The zero-order valence-corrected chi connectivity index (χ0v) is 17.6. The second-order valence-corrected chi connectivity index (χ2v) is 7.79. The lowest BCUT2D eigenvalue weighted by Gasteiger charge is -2.16. The van der Waals surface area contributed by atoms with Crippen LogP contribution in [0.3, 0.4) is 0 Å². The lowest BCUT2D eigenvalue weighted by Crippen LogP contribution is -2.03. The fraction of sp³-hybridized carbons (Fsp3) is 0.259. The third-order valence-corrected chi connectivity index (χ3v) is 5.44. The molecule has 3 aromatic rings. The molecule has 1 fully saturated rings. The van der Waals surface area contributed by atoms with Crippen molar-refractivity contribution in [3.05, 3.63) is 102 Å². The molecule has 0 aromatic heterocycles. The van der Waals surface area contributed by atoms with E-state index in [1.807, 2.05) is 49.4 Å². The molecule has 0 bridgehead atoms. The maximum atomic E-state index is 15.2. The molecule has 31 heavy (non-hydrogen) atoms. The summed E-state index contributed by atoms with van der Waals surface area (Å²) < 4.78 is 40.6. The van der Waals surface area contributed by atoms with Gasteiger partial charge in [-0.2, -0.15) is 0 Å². The van der Waals surface area contributed by atoms with Gasteiger partial charge < -0.3 is 9.47 Å². The molecule has 4 heteroatoms. The van der Waals surface area contributed by atoms with E-state index in [2.05, 4.69) is 0 Å². The number of para-hydroxylation sites is 1. The molecule has 1 atom stereocenters. The van der Waals surface area contributed by atoms with Crippen molar-refractivity contribution in [1.82, 2.24) is 0 Å². The van der Waals surface area contributed by atoms with Crippen LogP contribution in [-0.4, -0.2) is 6.61 Å². The smallest absolute Gasteiger partial charge is 0.165 e. The van der Waals surface area contributed by atoms with Crippen LogP contribution in [0.25, 0.3) is 0 Å². The Morgan fingerprint density at radius 3 is 2.42 bits per heavy atom. The summed E-state index contributed by atoms with van der Waals surface area (Å²) in [4.78, 5) is 0. The number of benzene rings is 3. The van der Waals surface area contributed by atoms with Crippen molar-refractivity contribution in [3.8, 4) is 17.2 Å². The summed E-state index contributed by atoms with van der Waals surface area (Å²) in [6.45, 7) is 2.54. The third-order valence-electron chi connectivity index (χ3n) is 5.44. The van der Waals surface area contributed by atoms with Crippen molar-refractivity contribution in [2.75, 3.05) is 6.61 Å². The van der Waals surface area contributed by atoms with Crippen LogP contribution in [-0.2, 0) is 6.42 Å².